The maximum absolute atomic E-state index is 13.5. The maximum Gasteiger partial charge on any atom is 0.312 e. The molecule has 0 unspecified atom stereocenters. The predicted octanol–water partition coefficient (Wildman–Crippen LogP) is 7.83. The van der Waals surface area contributed by atoms with E-state index >= 15 is 0 Å². The average Bonchev–Trinajstić information content (AvgIpc) is 2.83. The van der Waals surface area contributed by atoms with E-state index in [9.17, 15) is 9.59 Å². The molecule has 5 fully saturated rings. The lowest BCUT2D eigenvalue weighted by atomic mass is 9.31. The molecule has 11 atom stereocenters. The minimum atomic E-state index is -0.279. The second-order valence-electron chi connectivity index (χ2n) is 15.7. The van der Waals surface area contributed by atoms with Gasteiger partial charge in [-0.1, -0.05) is 48.5 Å². The van der Waals surface area contributed by atoms with Crippen LogP contribution in [0, 0.1) is 62.6 Å². The van der Waals surface area contributed by atoms with E-state index < -0.39 is 0 Å². The predicted molar refractivity (Wildman–Crippen MR) is 147 cm³/mol. The third-order valence-electron chi connectivity index (χ3n) is 14.4. The first-order valence-corrected chi connectivity index (χ1v) is 15.4. The minimum absolute atomic E-state index is 0.00231. The van der Waals surface area contributed by atoms with Gasteiger partial charge >= 0.3 is 11.9 Å². The van der Waals surface area contributed by atoms with Gasteiger partial charge in [-0.05, 0) is 116 Å². The molecule has 0 spiro atoms. The number of ether oxygens (including phenoxy) is 2. The van der Waals surface area contributed by atoms with E-state index in [4.69, 9.17) is 9.47 Å². The first-order valence-electron chi connectivity index (χ1n) is 15.4. The highest BCUT2D eigenvalue weighted by atomic mass is 16.5. The molecule has 0 radical (unpaired) electrons. The highest BCUT2D eigenvalue weighted by molar-refractivity contribution is 5.77. The largest absolute Gasteiger partial charge is 0.469 e. The molecule has 0 aromatic rings. The number of carbonyl (C=O) groups excluding carboxylic acids is 2. The molecule has 0 aliphatic heterocycles. The normalized spacial score (nSPS) is 52.5. The zero-order valence-electron chi connectivity index (χ0n) is 25.2. The molecular weight excluding hydrogens is 460 g/mol. The topological polar surface area (TPSA) is 52.6 Å². The van der Waals surface area contributed by atoms with Crippen LogP contribution in [0.15, 0.2) is 0 Å². The molecule has 5 aliphatic carbocycles. The lowest BCUT2D eigenvalue weighted by molar-refractivity contribution is -0.260. The summed E-state index contributed by atoms with van der Waals surface area (Å²) in [6.45, 7) is 19.1. The third-order valence-corrected chi connectivity index (χ3v) is 14.4. The van der Waals surface area contributed by atoms with Crippen molar-refractivity contribution in [2.24, 2.45) is 62.6 Å². The molecule has 0 aromatic carbocycles. The van der Waals surface area contributed by atoms with Crippen molar-refractivity contribution in [3.63, 3.8) is 0 Å². The van der Waals surface area contributed by atoms with Crippen molar-refractivity contribution in [1.29, 1.82) is 0 Å². The summed E-state index contributed by atoms with van der Waals surface area (Å²) in [6.07, 6.45) is 11.5. The Hall–Kier alpha value is -1.06. The Labute approximate surface area is 226 Å². The van der Waals surface area contributed by atoms with Crippen LogP contribution >= 0.6 is 0 Å². The van der Waals surface area contributed by atoms with Crippen molar-refractivity contribution in [2.75, 3.05) is 7.11 Å². The van der Waals surface area contributed by atoms with Gasteiger partial charge < -0.3 is 9.47 Å². The van der Waals surface area contributed by atoms with Gasteiger partial charge in [-0.25, -0.2) is 0 Å². The van der Waals surface area contributed by atoms with Crippen LogP contribution < -0.4 is 0 Å². The van der Waals surface area contributed by atoms with E-state index in [0.717, 1.165) is 38.5 Å². The van der Waals surface area contributed by atoms with Crippen molar-refractivity contribution in [3.8, 4) is 0 Å². The van der Waals surface area contributed by atoms with Crippen molar-refractivity contribution < 1.29 is 19.1 Å². The summed E-state index contributed by atoms with van der Waals surface area (Å²) in [6, 6.07) is 0. The molecule has 0 N–H and O–H groups in total. The SMILES string of the molecule is COC(=O)[C@]12CC[C@@H](C)[C@H](C)[C@@H]1[C@H]1CC[C@@H]3[C@@]4(C)CC[C@H](OC(C)=O)C(C)(C)[C@@H]4CC[C@@]3(C)[C@]1(C)CC2. The Balaban J connectivity index is 1.52. The number of esters is 2. The van der Waals surface area contributed by atoms with Crippen molar-refractivity contribution in [3.05, 3.63) is 0 Å². The van der Waals surface area contributed by atoms with Crippen LogP contribution in [0.25, 0.3) is 0 Å². The summed E-state index contributed by atoms with van der Waals surface area (Å²) in [5.74, 6) is 3.44. The Morgan fingerprint density at radius 1 is 0.757 bits per heavy atom. The molecule has 0 saturated heterocycles. The number of carbonyl (C=O) groups is 2. The molecule has 5 rings (SSSR count). The maximum atomic E-state index is 13.5. The summed E-state index contributed by atoms with van der Waals surface area (Å²) in [5.41, 5.74) is 0.503. The lowest BCUT2D eigenvalue weighted by Gasteiger charge is -2.73. The van der Waals surface area contributed by atoms with Crippen LogP contribution in [-0.2, 0) is 19.1 Å². The Bertz CT molecular complexity index is 941. The number of fused-ring (bicyclic) bond motifs is 7. The van der Waals surface area contributed by atoms with Gasteiger partial charge in [-0.15, -0.1) is 0 Å². The smallest absolute Gasteiger partial charge is 0.312 e. The lowest BCUT2D eigenvalue weighted by Crippen LogP contribution is -2.68. The van der Waals surface area contributed by atoms with Crippen LogP contribution in [0.4, 0.5) is 0 Å². The average molecular weight is 515 g/mol. The fourth-order valence-corrected chi connectivity index (χ4v) is 12.2. The van der Waals surface area contributed by atoms with Gasteiger partial charge in [0.1, 0.15) is 6.10 Å². The first kappa shape index (κ1) is 27.5. The Morgan fingerprint density at radius 3 is 2.11 bits per heavy atom. The second kappa shape index (κ2) is 8.72. The first-order chi connectivity index (χ1) is 17.2. The number of methoxy groups -OCH3 is 1. The van der Waals surface area contributed by atoms with Gasteiger partial charge in [0.05, 0.1) is 12.5 Å². The highest BCUT2D eigenvalue weighted by Gasteiger charge is 2.71. The zero-order valence-corrected chi connectivity index (χ0v) is 25.2. The van der Waals surface area contributed by atoms with Gasteiger partial charge in [-0.3, -0.25) is 9.59 Å². The van der Waals surface area contributed by atoms with E-state index in [1.54, 1.807) is 14.0 Å². The van der Waals surface area contributed by atoms with E-state index in [0.29, 0.717) is 35.5 Å². The van der Waals surface area contributed by atoms with Crippen LogP contribution in [0.2, 0.25) is 0 Å². The molecule has 0 amide bonds. The second-order valence-corrected chi connectivity index (χ2v) is 15.7. The van der Waals surface area contributed by atoms with Gasteiger partial charge in [-0.2, -0.15) is 0 Å². The van der Waals surface area contributed by atoms with Crippen LogP contribution in [-0.4, -0.2) is 25.2 Å². The van der Waals surface area contributed by atoms with Gasteiger partial charge in [0.25, 0.3) is 0 Å². The highest BCUT2D eigenvalue weighted by Crippen LogP contribution is 2.77. The van der Waals surface area contributed by atoms with E-state index in [1.807, 2.05) is 0 Å². The molecule has 4 nitrogen and oxygen atoms in total. The van der Waals surface area contributed by atoms with Crippen molar-refractivity contribution >= 4 is 11.9 Å². The molecular formula is C33H54O4. The van der Waals surface area contributed by atoms with Crippen molar-refractivity contribution in [2.45, 2.75) is 126 Å². The third kappa shape index (κ3) is 3.51. The summed E-state index contributed by atoms with van der Waals surface area (Å²) in [5, 5.41) is 0. The molecule has 210 valence electrons. The van der Waals surface area contributed by atoms with E-state index in [2.05, 4.69) is 48.5 Å². The monoisotopic (exact) mass is 514 g/mol. The summed E-state index contributed by atoms with van der Waals surface area (Å²) in [4.78, 5) is 25.4. The van der Waals surface area contributed by atoms with Crippen LogP contribution in [0.3, 0.4) is 0 Å². The quantitative estimate of drug-likeness (QED) is 0.352. The molecule has 0 heterocycles. The molecule has 37 heavy (non-hydrogen) atoms. The molecule has 5 aliphatic rings. The van der Waals surface area contributed by atoms with Crippen molar-refractivity contribution in [1.82, 2.24) is 0 Å². The molecule has 0 bridgehead atoms. The van der Waals surface area contributed by atoms with Gasteiger partial charge in [0.15, 0.2) is 0 Å². The van der Waals surface area contributed by atoms with Crippen LogP contribution in [0.5, 0.6) is 0 Å². The van der Waals surface area contributed by atoms with Gasteiger partial charge in [0, 0.05) is 12.3 Å². The zero-order chi connectivity index (χ0) is 27.2. The number of rotatable bonds is 2. The Kier molecular flexibility index (Phi) is 6.48. The standard InChI is InChI=1S/C33H54O4/c1-20-12-17-33(28(35)36-9)19-18-31(7)23(27(33)21(20)2)10-11-25-30(6)15-14-26(37-22(3)34)29(4,5)24(30)13-16-32(25,31)8/h20-21,23-27H,10-19H2,1-9H3/t20-,21+,23-,24+,25-,26+,27-,30+,31-,32-,33+/m1/s1. The number of hydrogen-bond donors (Lipinski definition) is 0. The number of hydrogen-bond acceptors (Lipinski definition) is 4. The van der Waals surface area contributed by atoms with Gasteiger partial charge in [0.2, 0.25) is 0 Å². The summed E-state index contributed by atoms with van der Waals surface area (Å²) in [7, 11) is 1.61. The molecule has 5 saturated carbocycles. The van der Waals surface area contributed by atoms with E-state index in [1.165, 1.54) is 25.7 Å². The van der Waals surface area contributed by atoms with E-state index in [-0.39, 0.29) is 45.1 Å². The fraction of sp³-hybridized carbons (Fsp3) is 0.939. The Morgan fingerprint density at radius 2 is 1.46 bits per heavy atom. The summed E-state index contributed by atoms with van der Waals surface area (Å²) < 4.78 is 11.5. The fourth-order valence-electron chi connectivity index (χ4n) is 12.2. The molecule has 0 aromatic heterocycles. The summed E-state index contributed by atoms with van der Waals surface area (Å²) >= 11 is 0. The molecule has 4 heteroatoms. The van der Waals surface area contributed by atoms with Crippen LogP contribution in [0.1, 0.15) is 120 Å². The minimum Gasteiger partial charge on any atom is -0.469 e.